The molecule has 0 aliphatic heterocycles. The molecule has 0 bridgehead atoms. The van der Waals surface area contributed by atoms with Crippen molar-refractivity contribution < 1.29 is 9.94 Å². The fourth-order valence-electron chi connectivity index (χ4n) is 3.78. The number of aromatic nitrogens is 7. The van der Waals surface area contributed by atoms with Crippen molar-refractivity contribution in [3.05, 3.63) is 59.4 Å². The van der Waals surface area contributed by atoms with Crippen molar-refractivity contribution in [3.8, 4) is 11.6 Å². The lowest BCUT2D eigenvalue weighted by Gasteiger charge is -2.13. The lowest BCUT2D eigenvalue weighted by Crippen LogP contribution is -2.07. The van der Waals surface area contributed by atoms with E-state index >= 15 is 0 Å². The summed E-state index contributed by atoms with van der Waals surface area (Å²) in [6, 6.07) is 5.61. The van der Waals surface area contributed by atoms with E-state index in [0.717, 1.165) is 27.4 Å². The minimum atomic E-state index is 0.473. The van der Waals surface area contributed by atoms with Gasteiger partial charge in [-0.25, -0.2) is 14.6 Å². The summed E-state index contributed by atoms with van der Waals surface area (Å²) in [7, 11) is 1.58. The second-order valence-electron chi connectivity index (χ2n) is 7.39. The van der Waals surface area contributed by atoms with Gasteiger partial charge in [0.1, 0.15) is 17.8 Å². The molecule has 0 aliphatic carbocycles. The molecule has 34 heavy (non-hydrogen) atoms. The number of ether oxygens (including phenoxy) is 1. The Morgan fingerprint density at radius 3 is 2.85 bits per heavy atom. The maximum absolute atomic E-state index is 8.80. The molecule has 2 N–H and O–H groups in total. The number of anilines is 1. The van der Waals surface area contributed by atoms with E-state index in [-0.39, 0.29) is 0 Å². The van der Waals surface area contributed by atoms with Crippen molar-refractivity contribution in [1.29, 1.82) is 0 Å². The van der Waals surface area contributed by atoms with Crippen LogP contribution in [0.2, 0.25) is 5.02 Å². The zero-order valence-corrected chi connectivity index (χ0v) is 19.1. The Bertz CT molecular complexity index is 1530. The number of nitrogens with zero attached hydrogens (tertiary/aromatic N) is 8. The second kappa shape index (κ2) is 8.94. The molecule has 5 rings (SSSR count). The number of aryl methyl sites for hydroxylation is 1. The van der Waals surface area contributed by atoms with Crippen LogP contribution < -0.4 is 10.1 Å². The lowest BCUT2D eigenvalue weighted by atomic mass is 10.1. The first-order chi connectivity index (χ1) is 16.6. The number of oxime groups is 1. The van der Waals surface area contributed by atoms with Crippen molar-refractivity contribution in [1.82, 2.24) is 34.5 Å². The summed E-state index contributed by atoms with van der Waals surface area (Å²) in [5.74, 6) is 1.74. The van der Waals surface area contributed by atoms with E-state index in [1.165, 1.54) is 6.21 Å². The molecule has 0 saturated heterocycles. The average molecular weight is 478 g/mol. The Balaban J connectivity index is 1.62. The average Bonchev–Trinajstić information content (AvgIpc) is 3.49. The number of benzene rings is 1. The molecule has 0 radical (unpaired) electrons. The minimum absolute atomic E-state index is 0.473. The SMILES string of the molecule is CCn1ncc2c3c(NCc4ccc(OC)c(Cl)c4)nnc(-n4cnc(C=NO)c4)c3cnc21. The van der Waals surface area contributed by atoms with E-state index in [1.54, 1.807) is 36.6 Å². The largest absolute Gasteiger partial charge is 0.495 e. The molecule has 0 fully saturated rings. The Labute approximate surface area is 198 Å². The van der Waals surface area contributed by atoms with Crippen molar-refractivity contribution in [2.24, 2.45) is 5.16 Å². The lowest BCUT2D eigenvalue weighted by molar-refractivity contribution is 0.321. The molecule has 0 unspecified atom stereocenters. The Morgan fingerprint density at radius 1 is 1.21 bits per heavy atom. The van der Waals surface area contributed by atoms with Gasteiger partial charge in [0.15, 0.2) is 17.3 Å². The van der Waals surface area contributed by atoms with E-state index in [9.17, 15) is 0 Å². The van der Waals surface area contributed by atoms with Crippen LogP contribution in [0.4, 0.5) is 5.82 Å². The number of halogens is 1. The second-order valence-corrected chi connectivity index (χ2v) is 7.80. The highest BCUT2D eigenvalue weighted by molar-refractivity contribution is 6.32. The predicted molar refractivity (Wildman–Crippen MR) is 128 cm³/mol. The molecule has 0 spiro atoms. The number of pyridine rings is 1. The van der Waals surface area contributed by atoms with Crippen LogP contribution in [-0.4, -0.2) is 53.0 Å². The molecule has 5 aromatic rings. The smallest absolute Gasteiger partial charge is 0.170 e. The third kappa shape index (κ3) is 3.75. The normalized spacial score (nSPS) is 11.6. The van der Waals surface area contributed by atoms with Crippen LogP contribution in [0.1, 0.15) is 18.2 Å². The standard InChI is InChI=1S/C22H20ClN9O2/c1-3-32-21-16(10-27-32)19-15(9-25-21)22(31-11-14(8-28-33)26-12-31)30-29-20(19)24-7-13-4-5-18(34-2)17(23)6-13/h4-6,8-12,33H,3,7H2,1-2H3,(H,24,29). The summed E-state index contributed by atoms with van der Waals surface area (Å²) >= 11 is 6.28. The van der Waals surface area contributed by atoms with Gasteiger partial charge in [0, 0.05) is 36.3 Å². The van der Waals surface area contributed by atoms with Crippen LogP contribution in [0, 0.1) is 0 Å². The number of nitrogens with one attached hydrogen (secondary N) is 1. The maximum atomic E-state index is 8.80. The van der Waals surface area contributed by atoms with Crippen LogP contribution >= 0.6 is 11.6 Å². The predicted octanol–water partition coefficient (Wildman–Crippen LogP) is 3.66. The van der Waals surface area contributed by atoms with E-state index in [2.05, 4.69) is 35.7 Å². The first-order valence-corrected chi connectivity index (χ1v) is 10.8. The molecule has 4 aromatic heterocycles. The first-order valence-electron chi connectivity index (χ1n) is 10.4. The third-order valence-corrected chi connectivity index (χ3v) is 5.70. The number of fused-ring (bicyclic) bond motifs is 3. The Hall–Kier alpha value is -4.25. The zero-order valence-electron chi connectivity index (χ0n) is 18.3. The molecule has 0 aliphatic rings. The maximum Gasteiger partial charge on any atom is 0.170 e. The van der Waals surface area contributed by atoms with Crippen LogP contribution in [-0.2, 0) is 13.1 Å². The molecule has 0 amide bonds. The van der Waals surface area contributed by atoms with Crippen molar-refractivity contribution in [2.75, 3.05) is 12.4 Å². The minimum Gasteiger partial charge on any atom is -0.495 e. The van der Waals surface area contributed by atoms with E-state index in [1.807, 2.05) is 29.8 Å². The zero-order chi connectivity index (χ0) is 23.7. The molecule has 1 aromatic carbocycles. The summed E-state index contributed by atoms with van der Waals surface area (Å²) < 4.78 is 8.77. The van der Waals surface area contributed by atoms with Gasteiger partial charge in [-0.2, -0.15) is 5.10 Å². The molecule has 11 nitrogen and oxygen atoms in total. The van der Waals surface area contributed by atoms with Gasteiger partial charge in [0.2, 0.25) is 0 Å². The van der Waals surface area contributed by atoms with Crippen LogP contribution in [0.15, 0.2) is 48.3 Å². The number of rotatable bonds is 7. The summed E-state index contributed by atoms with van der Waals surface area (Å²) in [5.41, 5.74) is 2.19. The van der Waals surface area contributed by atoms with Crippen molar-refractivity contribution in [3.63, 3.8) is 0 Å². The van der Waals surface area contributed by atoms with E-state index < -0.39 is 0 Å². The highest BCUT2D eigenvalue weighted by Gasteiger charge is 2.17. The monoisotopic (exact) mass is 477 g/mol. The highest BCUT2D eigenvalue weighted by atomic mass is 35.5. The van der Waals surface area contributed by atoms with Gasteiger partial charge in [-0.15, -0.1) is 10.2 Å². The molecule has 12 heteroatoms. The van der Waals surface area contributed by atoms with Gasteiger partial charge < -0.3 is 15.3 Å². The molecular formula is C22H20ClN9O2. The third-order valence-electron chi connectivity index (χ3n) is 5.40. The molecule has 0 saturated carbocycles. The van der Waals surface area contributed by atoms with Gasteiger partial charge in [-0.3, -0.25) is 4.57 Å². The Kier molecular flexibility index (Phi) is 5.68. The number of imidazole rings is 1. The van der Waals surface area contributed by atoms with E-state index in [0.29, 0.717) is 41.2 Å². The topological polar surface area (TPSA) is 128 Å². The van der Waals surface area contributed by atoms with Crippen molar-refractivity contribution >= 4 is 45.4 Å². The summed E-state index contributed by atoms with van der Waals surface area (Å²) in [5, 5.41) is 31.6. The van der Waals surface area contributed by atoms with Gasteiger partial charge in [-0.05, 0) is 24.6 Å². The molecule has 4 heterocycles. The van der Waals surface area contributed by atoms with Crippen LogP contribution in [0.3, 0.4) is 0 Å². The number of hydrogen-bond donors (Lipinski definition) is 2. The Morgan fingerprint density at radius 2 is 2.09 bits per heavy atom. The summed E-state index contributed by atoms with van der Waals surface area (Å²) in [6.07, 6.45) is 8.04. The fourth-order valence-corrected chi connectivity index (χ4v) is 4.06. The quantitative estimate of drug-likeness (QED) is 0.206. The first kappa shape index (κ1) is 21.6. The number of methoxy groups -OCH3 is 1. The molecule has 172 valence electrons. The van der Waals surface area contributed by atoms with Crippen LogP contribution in [0.5, 0.6) is 5.75 Å². The number of hydrogen-bond acceptors (Lipinski definition) is 9. The van der Waals surface area contributed by atoms with Gasteiger partial charge in [0.05, 0.1) is 29.9 Å². The molecule has 0 atom stereocenters. The summed E-state index contributed by atoms with van der Waals surface area (Å²) in [6.45, 7) is 3.17. The molecular weight excluding hydrogens is 458 g/mol. The van der Waals surface area contributed by atoms with Crippen LogP contribution in [0.25, 0.3) is 27.6 Å². The van der Waals surface area contributed by atoms with Crippen molar-refractivity contribution in [2.45, 2.75) is 20.0 Å². The highest BCUT2D eigenvalue weighted by Crippen LogP contribution is 2.32. The van der Waals surface area contributed by atoms with E-state index in [4.69, 9.17) is 21.5 Å². The summed E-state index contributed by atoms with van der Waals surface area (Å²) in [4.78, 5) is 8.83. The fraction of sp³-hybridized carbons (Fsp3) is 0.182. The van der Waals surface area contributed by atoms with Gasteiger partial charge in [0.25, 0.3) is 0 Å². The van der Waals surface area contributed by atoms with Gasteiger partial charge in [-0.1, -0.05) is 22.8 Å². The van der Waals surface area contributed by atoms with Gasteiger partial charge >= 0.3 is 0 Å².